The Morgan fingerprint density at radius 3 is 2.62 bits per heavy atom. The zero-order valence-corrected chi connectivity index (χ0v) is 18.7. The van der Waals surface area contributed by atoms with Gasteiger partial charge >= 0.3 is 6.18 Å². The Bertz CT molecular complexity index is 1090. The summed E-state index contributed by atoms with van der Waals surface area (Å²) >= 11 is 0. The van der Waals surface area contributed by atoms with Gasteiger partial charge in [-0.1, -0.05) is 6.92 Å². The van der Waals surface area contributed by atoms with Crippen molar-refractivity contribution in [3.05, 3.63) is 53.2 Å². The van der Waals surface area contributed by atoms with Crippen LogP contribution in [0.5, 0.6) is 0 Å². The lowest BCUT2D eigenvalue weighted by Crippen LogP contribution is -2.38. The summed E-state index contributed by atoms with van der Waals surface area (Å²) in [4.78, 5) is 23.8. The predicted octanol–water partition coefficient (Wildman–Crippen LogP) is 3.61. The highest BCUT2D eigenvalue weighted by Gasteiger charge is 2.31. The third-order valence-electron chi connectivity index (χ3n) is 5.79. The summed E-state index contributed by atoms with van der Waals surface area (Å²) in [6.07, 6.45) is 3.90. The fraction of sp³-hybridized carbons (Fsp3) is 0.435. The zero-order chi connectivity index (χ0) is 24.7. The summed E-state index contributed by atoms with van der Waals surface area (Å²) in [7, 11) is 0. The van der Waals surface area contributed by atoms with Crippen molar-refractivity contribution in [1.29, 1.82) is 5.26 Å². The van der Waals surface area contributed by atoms with E-state index in [9.17, 15) is 23.2 Å². The number of hydrogen-bond acceptors (Lipinski definition) is 7. The number of amides is 1. The highest BCUT2D eigenvalue weighted by Crippen LogP contribution is 2.32. The molecule has 34 heavy (non-hydrogen) atoms. The maximum atomic E-state index is 13.1. The Morgan fingerprint density at radius 2 is 2.00 bits per heavy atom. The molecule has 11 heteroatoms. The quantitative estimate of drug-likeness (QED) is 0.560. The molecule has 4 N–H and O–H groups in total. The van der Waals surface area contributed by atoms with Crippen LogP contribution in [0.15, 0.2) is 30.9 Å². The Labute approximate surface area is 195 Å². The smallest absolute Gasteiger partial charge is 0.404 e. The molecule has 1 aliphatic carbocycles. The third kappa shape index (κ3) is 6.21. The van der Waals surface area contributed by atoms with Crippen LogP contribution >= 0.6 is 0 Å². The highest BCUT2D eigenvalue weighted by atomic mass is 19.4. The van der Waals surface area contributed by atoms with Gasteiger partial charge in [0.1, 0.15) is 6.07 Å². The molecule has 0 aliphatic heterocycles. The van der Waals surface area contributed by atoms with Crippen LogP contribution in [-0.2, 0) is 11.0 Å². The monoisotopic (exact) mass is 473 g/mol. The molecule has 0 aromatic carbocycles. The van der Waals surface area contributed by atoms with Crippen LogP contribution in [0.4, 0.5) is 19.1 Å². The largest absolute Gasteiger partial charge is 0.417 e. The maximum absolute atomic E-state index is 13.1. The molecule has 1 saturated carbocycles. The molecule has 180 valence electrons. The topological polar surface area (TPSA) is 130 Å². The van der Waals surface area contributed by atoms with E-state index < -0.39 is 11.7 Å². The molecule has 0 radical (unpaired) electrons. The summed E-state index contributed by atoms with van der Waals surface area (Å²) in [5.41, 5.74) is 5.23. The van der Waals surface area contributed by atoms with Gasteiger partial charge in [0.25, 0.3) is 0 Å². The van der Waals surface area contributed by atoms with E-state index in [0.29, 0.717) is 18.9 Å². The summed E-state index contributed by atoms with van der Waals surface area (Å²) < 4.78 is 39.4. The van der Waals surface area contributed by atoms with Gasteiger partial charge in [0.15, 0.2) is 0 Å². The summed E-state index contributed by atoms with van der Waals surface area (Å²) in [6.45, 7) is 2.41. The molecule has 3 rings (SSSR count). The first-order chi connectivity index (χ1) is 16.2. The Hall–Kier alpha value is -3.68. The number of rotatable bonds is 7. The molecule has 1 fully saturated rings. The summed E-state index contributed by atoms with van der Waals surface area (Å²) in [6, 6.07) is 3.07. The van der Waals surface area contributed by atoms with Gasteiger partial charge in [-0.2, -0.15) is 18.4 Å². The van der Waals surface area contributed by atoms with Crippen molar-refractivity contribution in [2.45, 2.75) is 51.2 Å². The highest BCUT2D eigenvalue weighted by molar-refractivity contribution is 5.80. The number of pyridine rings is 1. The number of carbonyl (C=O) groups excluding carboxylic acids is 1. The van der Waals surface area contributed by atoms with Gasteiger partial charge in [0, 0.05) is 48.7 Å². The van der Waals surface area contributed by atoms with Gasteiger partial charge in [-0.25, -0.2) is 9.97 Å². The second-order valence-electron chi connectivity index (χ2n) is 8.13. The van der Waals surface area contributed by atoms with Gasteiger partial charge in [0.2, 0.25) is 11.9 Å². The van der Waals surface area contributed by atoms with Crippen LogP contribution in [0.3, 0.4) is 0 Å². The number of carbonyl (C=O) groups is 1. The first kappa shape index (κ1) is 25.0. The minimum Gasteiger partial charge on any atom is -0.404 e. The molecule has 0 spiro atoms. The van der Waals surface area contributed by atoms with E-state index in [4.69, 9.17) is 5.73 Å². The lowest BCUT2D eigenvalue weighted by Gasteiger charge is -2.29. The molecular weight excluding hydrogens is 447 g/mol. The molecular formula is C23H26F3N7O. The predicted molar refractivity (Wildman–Crippen MR) is 120 cm³/mol. The average Bonchev–Trinajstić information content (AvgIpc) is 2.84. The molecule has 2 heterocycles. The van der Waals surface area contributed by atoms with E-state index >= 15 is 0 Å². The minimum absolute atomic E-state index is 0.0554. The van der Waals surface area contributed by atoms with E-state index in [2.05, 4.69) is 25.6 Å². The first-order valence-corrected chi connectivity index (χ1v) is 11.0. The number of anilines is 1. The molecule has 2 aromatic heterocycles. The van der Waals surface area contributed by atoms with Crippen LogP contribution in [0.25, 0.3) is 5.57 Å². The molecule has 1 amide bonds. The molecule has 1 aliphatic rings. The van der Waals surface area contributed by atoms with Gasteiger partial charge < -0.3 is 16.4 Å². The van der Waals surface area contributed by atoms with Crippen molar-refractivity contribution in [3.8, 4) is 6.07 Å². The Balaban J connectivity index is 1.73. The fourth-order valence-electron chi connectivity index (χ4n) is 3.88. The standard InChI is InChI=1S/C23H26F3N7O/c1-2-20(34)32-18-5-3-14(4-6-18)10-30-22-31-12-16(8-27)21(33-22)19(9-28)15-7-17(13-29-11-15)23(24,25)26/h7,9,11-14,18H,2-6,10,28H2,1H3,(H,32,34)(H,30,31,33)/b19-9+/t14-,18-. The summed E-state index contributed by atoms with van der Waals surface area (Å²) in [5.74, 6) is 0.657. The van der Waals surface area contributed by atoms with Crippen molar-refractivity contribution >= 4 is 17.4 Å². The minimum atomic E-state index is -4.57. The van der Waals surface area contributed by atoms with Gasteiger partial charge in [-0.05, 0) is 37.7 Å². The van der Waals surface area contributed by atoms with E-state index in [-0.39, 0.29) is 40.3 Å². The molecule has 0 unspecified atom stereocenters. The molecule has 0 bridgehead atoms. The SMILES string of the molecule is CCC(=O)N[C@H]1CC[C@H](CNc2ncc(C#N)c(/C(=C/N)c3cncc(C(F)(F)F)c3)n2)CC1. The third-order valence-corrected chi connectivity index (χ3v) is 5.79. The van der Waals surface area contributed by atoms with E-state index in [1.165, 1.54) is 12.4 Å². The average molecular weight is 474 g/mol. The van der Waals surface area contributed by atoms with Crippen LogP contribution < -0.4 is 16.4 Å². The molecule has 0 atom stereocenters. The molecule has 2 aromatic rings. The Kier molecular flexibility index (Phi) is 8.04. The number of aromatic nitrogens is 3. The summed E-state index contributed by atoms with van der Waals surface area (Å²) in [5, 5.41) is 15.7. The van der Waals surface area contributed by atoms with Gasteiger partial charge in [0.05, 0.1) is 23.0 Å². The second kappa shape index (κ2) is 11.0. The van der Waals surface area contributed by atoms with Crippen LogP contribution in [0.1, 0.15) is 61.4 Å². The number of nitrogens with two attached hydrogens (primary N) is 1. The van der Waals surface area contributed by atoms with Crippen LogP contribution in [-0.4, -0.2) is 33.4 Å². The lowest BCUT2D eigenvalue weighted by atomic mass is 9.86. The first-order valence-electron chi connectivity index (χ1n) is 11.0. The van der Waals surface area contributed by atoms with E-state index in [0.717, 1.165) is 44.1 Å². The second-order valence-corrected chi connectivity index (χ2v) is 8.13. The fourth-order valence-corrected chi connectivity index (χ4v) is 3.88. The van der Waals surface area contributed by atoms with Crippen molar-refractivity contribution in [2.75, 3.05) is 11.9 Å². The maximum Gasteiger partial charge on any atom is 0.417 e. The Morgan fingerprint density at radius 1 is 1.26 bits per heavy atom. The number of nitrogens with one attached hydrogen (secondary N) is 2. The van der Waals surface area contributed by atoms with Crippen molar-refractivity contribution < 1.29 is 18.0 Å². The van der Waals surface area contributed by atoms with Crippen LogP contribution in [0, 0.1) is 17.2 Å². The van der Waals surface area contributed by atoms with Crippen LogP contribution in [0.2, 0.25) is 0 Å². The van der Waals surface area contributed by atoms with E-state index in [1.807, 2.05) is 13.0 Å². The van der Waals surface area contributed by atoms with Crippen molar-refractivity contribution in [2.24, 2.45) is 11.7 Å². The van der Waals surface area contributed by atoms with Gasteiger partial charge in [-0.15, -0.1) is 0 Å². The molecule has 0 saturated heterocycles. The van der Waals surface area contributed by atoms with Gasteiger partial charge in [-0.3, -0.25) is 9.78 Å². The number of nitrogens with zero attached hydrogens (tertiary/aromatic N) is 4. The van der Waals surface area contributed by atoms with Crippen molar-refractivity contribution in [1.82, 2.24) is 20.3 Å². The lowest BCUT2D eigenvalue weighted by molar-refractivity contribution is -0.137. The number of halogens is 3. The van der Waals surface area contributed by atoms with E-state index in [1.54, 1.807) is 0 Å². The number of nitriles is 1. The zero-order valence-electron chi connectivity index (χ0n) is 18.7. The normalized spacial score (nSPS) is 18.7. The number of alkyl halides is 3. The van der Waals surface area contributed by atoms with Crippen molar-refractivity contribution in [3.63, 3.8) is 0 Å². The molecule has 8 nitrogen and oxygen atoms in total. The number of hydrogen-bond donors (Lipinski definition) is 3.